The van der Waals surface area contributed by atoms with E-state index >= 15 is 0 Å². The molecule has 0 unspecified atom stereocenters. The first-order valence-corrected chi connectivity index (χ1v) is 8.16. The summed E-state index contributed by atoms with van der Waals surface area (Å²) in [4.78, 5) is 0. The zero-order chi connectivity index (χ0) is 14.2. The Morgan fingerprint density at radius 2 is 2.20 bits per heavy atom. The molecule has 2 aromatic rings. The predicted octanol–water partition coefficient (Wildman–Crippen LogP) is 2.27. The number of nitrogens with zero attached hydrogens (tertiary/aromatic N) is 2. The fourth-order valence-corrected chi connectivity index (χ4v) is 4.12. The molecule has 1 aromatic heterocycles. The fraction of sp³-hybridized carbons (Fsp3) is 0.357. The third kappa shape index (κ3) is 2.43. The van der Waals surface area contributed by atoms with E-state index in [1.165, 1.54) is 10.6 Å². The van der Waals surface area contributed by atoms with Gasteiger partial charge in [0, 0.05) is 12.6 Å². The Labute approximate surface area is 118 Å². The van der Waals surface area contributed by atoms with Crippen LogP contribution in [0.15, 0.2) is 35.1 Å². The van der Waals surface area contributed by atoms with E-state index in [1.807, 2.05) is 19.1 Å². The van der Waals surface area contributed by atoms with Gasteiger partial charge in [0.2, 0.25) is 10.0 Å². The Balaban J connectivity index is 1.95. The fourth-order valence-electron chi connectivity index (χ4n) is 2.56. The molecule has 0 atom stereocenters. The SMILES string of the molecule is Cc1ccc2c(c1)CCCN2S(=O)(=O)Cc1ccon1. The summed E-state index contributed by atoms with van der Waals surface area (Å²) in [5.41, 5.74) is 3.48. The molecule has 5 nitrogen and oxygen atoms in total. The summed E-state index contributed by atoms with van der Waals surface area (Å²) in [5.74, 6) is -0.128. The van der Waals surface area contributed by atoms with Crippen LogP contribution in [0.3, 0.4) is 0 Å². The quantitative estimate of drug-likeness (QED) is 0.870. The molecule has 106 valence electrons. The van der Waals surface area contributed by atoms with Crippen molar-refractivity contribution in [3.05, 3.63) is 47.3 Å². The second-order valence-corrected chi connectivity index (χ2v) is 6.95. The zero-order valence-electron chi connectivity index (χ0n) is 11.2. The minimum Gasteiger partial charge on any atom is -0.364 e. The molecule has 0 fully saturated rings. The van der Waals surface area contributed by atoms with Gasteiger partial charge in [-0.2, -0.15) is 0 Å². The van der Waals surface area contributed by atoms with Gasteiger partial charge in [0.15, 0.2) is 0 Å². The highest BCUT2D eigenvalue weighted by atomic mass is 32.2. The van der Waals surface area contributed by atoms with Gasteiger partial charge in [-0.15, -0.1) is 0 Å². The maximum absolute atomic E-state index is 12.5. The Bertz CT molecular complexity index is 708. The molecule has 20 heavy (non-hydrogen) atoms. The molecule has 3 rings (SSSR count). The Morgan fingerprint density at radius 3 is 2.95 bits per heavy atom. The molecule has 6 heteroatoms. The lowest BCUT2D eigenvalue weighted by molar-refractivity contribution is 0.413. The van der Waals surface area contributed by atoms with Crippen LogP contribution in [0.1, 0.15) is 23.2 Å². The predicted molar refractivity (Wildman–Crippen MR) is 76.0 cm³/mol. The number of aromatic nitrogens is 1. The van der Waals surface area contributed by atoms with Crippen LogP contribution in [0.25, 0.3) is 0 Å². The third-order valence-corrected chi connectivity index (χ3v) is 5.18. The molecule has 0 radical (unpaired) electrons. The largest absolute Gasteiger partial charge is 0.364 e. The van der Waals surface area contributed by atoms with E-state index < -0.39 is 10.0 Å². The van der Waals surface area contributed by atoms with E-state index in [9.17, 15) is 8.42 Å². The summed E-state index contributed by atoms with van der Waals surface area (Å²) in [6.07, 6.45) is 3.15. The van der Waals surface area contributed by atoms with E-state index in [-0.39, 0.29) is 5.75 Å². The molecule has 0 saturated carbocycles. The molecular formula is C14H16N2O3S. The average molecular weight is 292 g/mol. The number of anilines is 1. The Hall–Kier alpha value is -1.82. The van der Waals surface area contributed by atoms with Crippen LogP contribution in [0.5, 0.6) is 0 Å². The minimum absolute atomic E-state index is 0.128. The number of sulfonamides is 1. The van der Waals surface area contributed by atoms with Crippen molar-refractivity contribution in [2.45, 2.75) is 25.5 Å². The van der Waals surface area contributed by atoms with Crippen LogP contribution in [-0.4, -0.2) is 20.1 Å². The third-order valence-electron chi connectivity index (χ3n) is 3.47. The summed E-state index contributed by atoms with van der Waals surface area (Å²) in [5, 5.41) is 3.69. The summed E-state index contributed by atoms with van der Waals surface area (Å²) in [6.45, 7) is 2.54. The topological polar surface area (TPSA) is 63.4 Å². The molecule has 1 aromatic carbocycles. The number of benzene rings is 1. The van der Waals surface area contributed by atoms with Gasteiger partial charge in [0.25, 0.3) is 0 Å². The Morgan fingerprint density at radius 1 is 1.35 bits per heavy atom. The molecule has 0 N–H and O–H groups in total. The van der Waals surface area contributed by atoms with Gasteiger partial charge in [0.05, 0.1) is 5.69 Å². The van der Waals surface area contributed by atoms with Gasteiger partial charge in [-0.25, -0.2) is 8.42 Å². The molecule has 0 spiro atoms. The summed E-state index contributed by atoms with van der Waals surface area (Å²) >= 11 is 0. The normalized spacial score (nSPS) is 15.2. The van der Waals surface area contributed by atoms with Gasteiger partial charge in [-0.3, -0.25) is 4.31 Å². The van der Waals surface area contributed by atoms with Crippen molar-refractivity contribution in [1.82, 2.24) is 5.16 Å². The molecule has 2 heterocycles. The van der Waals surface area contributed by atoms with Crippen LogP contribution < -0.4 is 4.31 Å². The molecule has 1 aliphatic heterocycles. The van der Waals surface area contributed by atoms with Gasteiger partial charge in [-0.05, 0) is 31.4 Å². The standard InChI is InChI=1S/C14H16N2O3S/c1-11-4-5-14-12(9-11)3-2-7-16(14)20(17,18)10-13-6-8-19-15-13/h4-6,8-9H,2-3,7,10H2,1H3. The summed E-state index contributed by atoms with van der Waals surface area (Å²) in [7, 11) is -3.42. The summed E-state index contributed by atoms with van der Waals surface area (Å²) < 4.78 is 31.3. The lowest BCUT2D eigenvalue weighted by Gasteiger charge is -2.30. The molecule has 0 amide bonds. The second kappa shape index (κ2) is 4.94. The monoisotopic (exact) mass is 292 g/mol. The van der Waals surface area contributed by atoms with E-state index in [0.29, 0.717) is 12.2 Å². The summed E-state index contributed by atoms with van der Waals surface area (Å²) in [6, 6.07) is 7.48. The zero-order valence-corrected chi connectivity index (χ0v) is 12.1. The van der Waals surface area contributed by atoms with Crippen molar-refractivity contribution in [2.75, 3.05) is 10.8 Å². The highest BCUT2D eigenvalue weighted by molar-refractivity contribution is 7.92. The molecule has 0 saturated heterocycles. The first kappa shape index (κ1) is 13.2. The maximum atomic E-state index is 12.5. The minimum atomic E-state index is -3.42. The van der Waals surface area contributed by atoms with Crippen LogP contribution in [-0.2, 0) is 22.2 Å². The van der Waals surface area contributed by atoms with Crippen molar-refractivity contribution in [2.24, 2.45) is 0 Å². The molecular weight excluding hydrogens is 276 g/mol. The first-order valence-electron chi connectivity index (χ1n) is 6.55. The average Bonchev–Trinajstić information content (AvgIpc) is 2.89. The number of hydrogen-bond acceptors (Lipinski definition) is 4. The van der Waals surface area contributed by atoms with Crippen LogP contribution in [0, 0.1) is 6.92 Å². The van der Waals surface area contributed by atoms with Gasteiger partial charge < -0.3 is 4.52 Å². The van der Waals surface area contributed by atoms with Crippen molar-refractivity contribution < 1.29 is 12.9 Å². The van der Waals surface area contributed by atoms with Gasteiger partial charge in [0.1, 0.15) is 17.7 Å². The Kier molecular flexibility index (Phi) is 3.25. The van der Waals surface area contributed by atoms with E-state index in [0.717, 1.165) is 29.7 Å². The van der Waals surface area contributed by atoms with Crippen molar-refractivity contribution in [3.63, 3.8) is 0 Å². The van der Waals surface area contributed by atoms with Crippen molar-refractivity contribution >= 4 is 15.7 Å². The van der Waals surface area contributed by atoms with E-state index in [1.54, 1.807) is 6.07 Å². The van der Waals surface area contributed by atoms with Crippen LogP contribution >= 0.6 is 0 Å². The van der Waals surface area contributed by atoms with Gasteiger partial charge in [-0.1, -0.05) is 22.9 Å². The lowest BCUT2D eigenvalue weighted by atomic mass is 10.0. The van der Waals surface area contributed by atoms with Crippen molar-refractivity contribution in [1.29, 1.82) is 0 Å². The van der Waals surface area contributed by atoms with Crippen molar-refractivity contribution in [3.8, 4) is 0 Å². The highest BCUT2D eigenvalue weighted by Crippen LogP contribution is 2.31. The van der Waals surface area contributed by atoms with Gasteiger partial charge >= 0.3 is 0 Å². The first-order chi connectivity index (χ1) is 9.56. The smallest absolute Gasteiger partial charge is 0.241 e. The number of hydrogen-bond donors (Lipinski definition) is 0. The maximum Gasteiger partial charge on any atom is 0.241 e. The lowest BCUT2D eigenvalue weighted by Crippen LogP contribution is -2.36. The van der Waals surface area contributed by atoms with Crippen LogP contribution in [0.2, 0.25) is 0 Å². The second-order valence-electron chi connectivity index (χ2n) is 5.05. The molecule has 0 bridgehead atoms. The number of rotatable bonds is 3. The number of aryl methyl sites for hydroxylation is 2. The molecule has 0 aliphatic carbocycles. The van der Waals surface area contributed by atoms with E-state index in [4.69, 9.17) is 4.52 Å². The van der Waals surface area contributed by atoms with Crippen LogP contribution in [0.4, 0.5) is 5.69 Å². The molecule has 1 aliphatic rings. The van der Waals surface area contributed by atoms with E-state index in [2.05, 4.69) is 11.2 Å². The number of fused-ring (bicyclic) bond motifs is 1. The highest BCUT2D eigenvalue weighted by Gasteiger charge is 2.28.